The molecule has 2 aliphatic carbocycles. The summed E-state index contributed by atoms with van der Waals surface area (Å²) in [6.45, 7) is 0.128. The number of fused-ring (bicyclic) bond motifs is 2. The van der Waals surface area contributed by atoms with Crippen molar-refractivity contribution >= 4 is 34.1 Å². The van der Waals surface area contributed by atoms with Gasteiger partial charge in [0.05, 0.1) is 17.4 Å². The van der Waals surface area contributed by atoms with Crippen LogP contribution in [0.2, 0.25) is 0 Å². The third-order valence-corrected chi connectivity index (χ3v) is 7.24. The average molecular weight is 385 g/mol. The molecule has 1 saturated heterocycles. The van der Waals surface area contributed by atoms with E-state index in [1.807, 2.05) is 0 Å². The minimum Gasteiger partial charge on any atom is -0.317 e. The van der Waals surface area contributed by atoms with E-state index in [4.69, 9.17) is 0 Å². The summed E-state index contributed by atoms with van der Waals surface area (Å²) in [5.41, 5.74) is 1.67. The van der Waals surface area contributed by atoms with Crippen molar-refractivity contribution in [3.8, 4) is 6.07 Å². The van der Waals surface area contributed by atoms with Crippen LogP contribution in [0.25, 0.3) is 0 Å². The fourth-order valence-electron chi connectivity index (χ4n) is 4.63. The van der Waals surface area contributed by atoms with Crippen LogP contribution in [0.3, 0.4) is 0 Å². The number of anilines is 1. The van der Waals surface area contributed by atoms with Crippen molar-refractivity contribution in [2.24, 2.45) is 11.8 Å². The number of nitriles is 1. The number of hydrogen-bond donors (Lipinski definition) is 1. The molecular weight excluding hydrogens is 362 g/mol. The highest BCUT2D eigenvalue weighted by Crippen LogP contribution is 2.39. The molecule has 2 heterocycles. The predicted octanol–water partition coefficient (Wildman–Crippen LogP) is 3.00. The average Bonchev–Trinajstić information content (AvgIpc) is 3.15. The van der Waals surface area contributed by atoms with Crippen LogP contribution in [-0.2, 0) is 27.2 Å². The summed E-state index contributed by atoms with van der Waals surface area (Å²) in [5.74, 6) is -0.823. The van der Waals surface area contributed by atoms with Crippen LogP contribution in [0.1, 0.15) is 60.9 Å². The van der Waals surface area contributed by atoms with Gasteiger partial charge in [-0.15, -0.1) is 11.3 Å². The topological polar surface area (TPSA) is 90.3 Å². The van der Waals surface area contributed by atoms with E-state index in [0.717, 1.165) is 56.9 Å². The maximum absolute atomic E-state index is 12.5. The van der Waals surface area contributed by atoms with E-state index < -0.39 is 0 Å². The number of hydrogen-bond acceptors (Lipinski definition) is 5. The second kappa shape index (κ2) is 7.43. The molecule has 3 amide bonds. The molecule has 4 rings (SSSR count). The third kappa shape index (κ3) is 3.27. The summed E-state index contributed by atoms with van der Waals surface area (Å²) < 4.78 is 0. The summed E-state index contributed by atoms with van der Waals surface area (Å²) in [6, 6.07) is 2.23. The quantitative estimate of drug-likeness (QED) is 0.807. The molecule has 6 nitrogen and oxygen atoms in total. The lowest BCUT2D eigenvalue weighted by Crippen LogP contribution is -2.34. The van der Waals surface area contributed by atoms with Gasteiger partial charge < -0.3 is 5.32 Å². The Labute approximate surface area is 162 Å². The Balaban J connectivity index is 1.39. The fourth-order valence-corrected chi connectivity index (χ4v) is 5.88. The summed E-state index contributed by atoms with van der Waals surface area (Å²) in [4.78, 5) is 39.9. The Bertz CT molecular complexity index is 814. The molecule has 1 aliphatic heterocycles. The molecule has 0 unspecified atom stereocenters. The summed E-state index contributed by atoms with van der Waals surface area (Å²) in [7, 11) is 0. The van der Waals surface area contributed by atoms with Gasteiger partial charge in [0, 0.05) is 17.8 Å². The molecule has 7 heteroatoms. The van der Waals surface area contributed by atoms with Crippen molar-refractivity contribution in [2.75, 3.05) is 11.9 Å². The molecule has 0 bridgehead atoms. The van der Waals surface area contributed by atoms with Crippen molar-refractivity contribution < 1.29 is 14.4 Å². The number of nitrogens with zero attached hydrogens (tertiary/aromatic N) is 2. The monoisotopic (exact) mass is 385 g/mol. The molecule has 1 aromatic heterocycles. The van der Waals surface area contributed by atoms with E-state index in [1.54, 1.807) is 0 Å². The van der Waals surface area contributed by atoms with E-state index >= 15 is 0 Å². The van der Waals surface area contributed by atoms with Gasteiger partial charge in [0.2, 0.25) is 17.7 Å². The SMILES string of the molecule is N#Cc1c(NC(=O)CCN2C(=O)[C@@H]3CCCC[C@H]3C2=O)sc2c1CCCC2. The van der Waals surface area contributed by atoms with Gasteiger partial charge in [-0.1, -0.05) is 12.8 Å². The Hall–Kier alpha value is -2.20. The maximum Gasteiger partial charge on any atom is 0.233 e. The highest BCUT2D eigenvalue weighted by atomic mass is 32.1. The summed E-state index contributed by atoms with van der Waals surface area (Å²) in [5, 5.41) is 12.9. The van der Waals surface area contributed by atoms with Gasteiger partial charge in [-0.25, -0.2) is 0 Å². The number of nitrogens with one attached hydrogen (secondary N) is 1. The second-order valence-corrected chi connectivity index (χ2v) is 8.76. The number of aryl methyl sites for hydroxylation is 1. The predicted molar refractivity (Wildman–Crippen MR) is 101 cm³/mol. The number of carbonyl (C=O) groups excluding carboxylic acids is 3. The van der Waals surface area contributed by atoms with Crippen LogP contribution in [0.15, 0.2) is 0 Å². The molecule has 2 fully saturated rings. The van der Waals surface area contributed by atoms with Crippen molar-refractivity contribution in [3.63, 3.8) is 0 Å². The largest absolute Gasteiger partial charge is 0.317 e. The smallest absolute Gasteiger partial charge is 0.233 e. The van der Waals surface area contributed by atoms with Crippen molar-refractivity contribution in [2.45, 2.75) is 57.8 Å². The number of rotatable bonds is 4. The normalized spacial score (nSPS) is 24.3. The number of thiophene rings is 1. The second-order valence-electron chi connectivity index (χ2n) is 7.65. The van der Waals surface area contributed by atoms with Crippen LogP contribution in [-0.4, -0.2) is 29.2 Å². The molecule has 142 valence electrons. The Morgan fingerprint density at radius 1 is 1.11 bits per heavy atom. The van der Waals surface area contributed by atoms with Gasteiger partial charge in [0.1, 0.15) is 11.1 Å². The van der Waals surface area contributed by atoms with E-state index in [1.165, 1.54) is 21.1 Å². The fraction of sp³-hybridized carbons (Fsp3) is 0.600. The zero-order valence-corrected chi connectivity index (χ0v) is 16.1. The summed E-state index contributed by atoms with van der Waals surface area (Å²) >= 11 is 1.49. The maximum atomic E-state index is 12.5. The van der Waals surface area contributed by atoms with Crippen LogP contribution in [0, 0.1) is 23.2 Å². The van der Waals surface area contributed by atoms with Crippen LogP contribution in [0.5, 0.6) is 0 Å². The Morgan fingerprint density at radius 3 is 2.44 bits per heavy atom. The first-order valence-electron chi connectivity index (χ1n) is 9.80. The lowest BCUT2D eigenvalue weighted by Gasteiger charge is -2.19. The zero-order chi connectivity index (χ0) is 19.0. The van der Waals surface area contributed by atoms with Crippen LogP contribution < -0.4 is 5.32 Å². The molecule has 0 radical (unpaired) electrons. The van der Waals surface area contributed by atoms with Gasteiger partial charge >= 0.3 is 0 Å². The first kappa shape index (κ1) is 18.2. The van der Waals surface area contributed by atoms with E-state index in [0.29, 0.717) is 10.6 Å². The van der Waals surface area contributed by atoms with E-state index in [-0.39, 0.29) is 42.5 Å². The molecule has 0 spiro atoms. The number of carbonyl (C=O) groups is 3. The Kier molecular flexibility index (Phi) is 5.00. The van der Waals surface area contributed by atoms with E-state index in [2.05, 4.69) is 11.4 Å². The van der Waals surface area contributed by atoms with Crippen molar-refractivity contribution in [3.05, 3.63) is 16.0 Å². The minimum absolute atomic E-state index is 0.0738. The zero-order valence-electron chi connectivity index (χ0n) is 15.3. The van der Waals surface area contributed by atoms with Crippen molar-refractivity contribution in [1.29, 1.82) is 5.26 Å². The first-order valence-corrected chi connectivity index (χ1v) is 10.6. The number of amides is 3. The molecular formula is C20H23N3O3S. The Morgan fingerprint density at radius 2 is 1.78 bits per heavy atom. The van der Waals surface area contributed by atoms with Gasteiger partial charge in [0.15, 0.2) is 0 Å². The molecule has 2 atom stereocenters. The molecule has 3 aliphatic rings. The lowest BCUT2D eigenvalue weighted by atomic mass is 9.81. The van der Waals surface area contributed by atoms with Gasteiger partial charge in [-0.2, -0.15) is 5.26 Å². The summed E-state index contributed by atoms with van der Waals surface area (Å²) in [6.07, 6.45) is 7.68. The third-order valence-electron chi connectivity index (χ3n) is 6.03. The first-order chi connectivity index (χ1) is 13.1. The van der Waals surface area contributed by atoms with Gasteiger partial charge in [0.25, 0.3) is 0 Å². The number of imide groups is 1. The molecule has 27 heavy (non-hydrogen) atoms. The highest BCUT2D eigenvalue weighted by molar-refractivity contribution is 7.16. The van der Waals surface area contributed by atoms with Crippen LogP contribution >= 0.6 is 11.3 Å². The van der Waals surface area contributed by atoms with Crippen molar-refractivity contribution in [1.82, 2.24) is 4.90 Å². The van der Waals surface area contributed by atoms with Crippen LogP contribution in [0.4, 0.5) is 5.00 Å². The van der Waals surface area contributed by atoms with E-state index in [9.17, 15) is 19.6 Å². The molecule has 1 aromatic rings. The molecule has 1 saturated carbocycles. The minimum atomic E-state index is -0.249. The standard InChI is InChI=1S/C20H23N3O3S/c21-11-15-12-5-3-4-8-16(12)27-18(15)22-17(24)9-10-23-19(25)13-6-1-2-7-14(13)20(23)26/h13-14H,1-10H2,(H,22,24)/t13-,14-/m1/s1. The number of likely N-dealkylation sites (tertiary alicyclic amines) is 1. The van der Waals surface area contributed by atoms with Gasteiger partial charge in [-0.05, 0) is 44.1 Å². The molecule has 1 N–H and O–H groups in total. The van der Waals surface area contributed by atoms with Gasteiger partial charge in [-0.3, -0.25) is 19.3 Å². The molecule has 0 aromatic carbocycles. The lowest BCUT2D eigenvalue weighted by molar-refractivity contribution is -0.140. The highest BCUT2D eigenvalue weighted by Gasteiger charge is 2.47.